The van der Waals surface area contributed by atoms with Crippen molar-refractivity contribution in [1.29, 1.82) is 0 Å². The highest BCUT2D eigenvalue weighted by Crippen LogP contribution is 2.23. The average molecular weight is 166 g/mol. The van der Waals surface area contributed by atoms with E-state index in [2.05, 4.69) is 0 Å². The molecule has 1 radical (unpaired) electrons. The minimum Gasteiger partial charge on any atom is -0.633 e. The minimum absolute atomic E-state index is 0.216. The Balaban J connectivity index is 2.34. The summed E-state index contributed by atoms with van der Waals surface area (Å²) in [4.78, 5) is 1.21. The number of hydrogen-bond donors (Lipinski definition) is 1. The van der Waals surface area contributed by atoms with Gasteiger partial charge in [-0.05, 0) is 6.07 Å². The zero-order valence-corrected chi connectivity index (χ0v) is 6.73. The predicted molar refractivity (Wildman–Crippen MR) is 44.9 cm³/mol. The van der Waals surface area contributed by atoms with Gasteiger partial charge in [-0.15, -0.1) is 0 Å². The molecule has 1 aliphatic heterocycles. The number of nitrogens with one attached hydrogen (secondary N) is 1. The summed E-state index contributed by atoms with van der Waals surface area (Å²) >= 11 is 1.62. The molecular formula is C8H8NOS. The van der Waals surface area contributed by atoms with E-state index >= 15 is 0 Å². The Kier molecular flexibility index (Phi) is 1.85. The van der Waals surface area contributed by atoms with Gasteiger partial charge in [0, 0.05) is 10.5 Å². The first-order valence-corrected chi connectivity index (χ1v) is 4.44. The molecule has 11 heavy (non-hydrogen) atoms. The number of hydroxylamine groups is 2. The lowest BCUT2D eigenvalue weighted by atomic mass is 10.2. The van der Waals surface area contributed by atoms with Gasteiger partial charge < -0.3 is 10.3 Å². The van der Waals surface area contributed by atoms with Gasteiger partial charge in [0.1, 0.15) is 5.88 Å². The van der Waals surface area contributed by atoms with Crippen LogP contribution < -0.4 is 5.06 Å². The number of fused-ring (bicyclic) bond motifs is 1. The lowest BCUT2D eigenvalue weighted by molar-refractivity contribution is -0.797. The maximum absolute atomic E-state index is 10.9. The number of hydrogen-bond acceptors (Lipinski definition) is 2. The molecule has 0 saturated carbocycles. The smallest absolute Gasteiger partial charge is 0.172 e. The first-order valence-electron chi connectivity index (χ1n) is 3.46. The molecule has 0 fully saturated rings. The van der Waals surface area contributed by atoms with Crippen molar-refractivity contribution in [3.8, 4) is 0 Å². The van der Waals surface area contributed by atoms with E-state index in [9.17, 15) is 5.21 Å². The molecule has 0 bridgehead atoms. The molecular weight excluding hydrogens is 158 g/mol. The fourth-order valence-electron chi connectivity index (χ4n) is 1.10. The van der Waals surface area contributed by atoms with Crippen molar-refractivity contribution >= 4 is 11.8 Å². The Morgan fingerprint density at radius 3 is 3.09 bits per heavy atom. The Hall–Kier alpha value is -0.510. The monoisotopic (exact) mass is 166 g/mol. The van der Waals surface area contributed by atoms with E-state index in [-0.39, 0.29) is 5.06 Å². The molecule has 1 heterocycles. The lowest BCUT2D eigenvalue weighted by Crippen LogP contribution is -3.04. The summed E-state index contributed by atoms with van der Waals surface area (Å²) in [6, 6.07) is 7.96. The summed E-state index contributed by atoms with van der Waals surface area (Å²) in [5.74, 6) is 0.594. The third-order valence-corrected chi connectivity index (χ3v) is 2.72. The summed E-state index contributed by atoms with van der Waals surface area (Å²) in [5, 5.41) is 11.2. The van der Waals surface area contributed by atoms with Crippen LogP contribution in [0.5, 0.6) is 0 Å². The molecule has 1 atom stereocenters. The van der Waals surface area contributed by atoms with Crippen molar-refractivity contribution in [3.63, 3.8) is 0 Å². The first kappa shape index (κ1) is 7.16. The Labute approximate surface area is 69.8 Å². The minimum atomic E-state index is 0.216. The van der Waals surface area contributed by atoms with E-state index in [1.54, 1.807) is 18.3 Å². The standard InChI is InChI=1S/C8H8NOS/c10-9-5-7-3-1-2-4-8(7)11-6-9/h1-5,9H,6H2. The molecule has 0 spiro atoms. The van der Waals surface area contributed by atoms with E-state index in [0.29, 0.717) is 5.88 Å². The van der Waals surface area contributed by atoms with Crippen molar-refractivity contribution in [2.45, 2.75) is 4.90 Å². The van der Waals surface area contributed by atoms with E-state index in [4.69, 9.17) is 0 Å². The van der Waals surface area contributed by atoms with Crippen LogP contribution in [0.2, 0.25) is 0 Å². The van der Waals surface area contributed by atoms with E-state index in [1.165, 1.54) is 4.90 Å². The molecule has 0 saturated heterocycles. The summed E-state index contributed by atoms with van der Waals surface area (Å²) < 4.78 is 0. The fraction of sp³-hybridized carbons (Fsp3) is 0.125. The number of quaternary nitrogens is 1. The Bertz CT molecular complexity index is 264. The first-order chi connectivity index (χ1) is 5.36. The van der Waals surface area contributed by atoms with Gasteiger partial charge in [0.25, 0.3) is 0 Å². The van der Waals surface area contributed by atoms with Crippen molar-refractivity contribution in [3.05, 3.63) is 41.6 Å². The summed E-state index contributed by atoms with van der Waals surface area (Å²) in [5.41, 5.74) is 1.06. The van der Waals surface area contributed by atoms with Crippen LogP contribution in [0.3, 0.4) is 0 Å². The molecule has 0 aromatic heterocycles. The van der Waals surface area contributed by atoms with Crippen LogP contribution in [-0.4, -0.2) is 5.88 Å². The largest absolute Gasteiger partial charge is 0.633 e. The van der Waals surface area contributed by atoms with Gasteiger partial charge >= 0.3 is 0 Å². The lowest BCUT2D eigenvalue weighted by Gasteiger charge is -2.26. The van der Waals surface area contributed by atoms with Gasteiger partial charge in [-0.1, -0.05) is 30.0 Å². The summed E-state index contributed by atoms with van der Waals surface area (Å²) in [6.45, 7) is 1.71. The van der Waals surface area contributed by atoms with Crippen LogP contribution in [0.25, 0.3) is 0 Å². The SMILES string of the molecule is [O-][NH+]1[CH]c2ccccc2SC1. The van der Waals surface area contributed by atoms with Crippen LogP contribution in [-0.2, 0) is 0 Å². The average Bonchev–Trinajstić information content (AvgIpc) is 2.04. The van der Waals surface area contributed by atoms with Crippen LogP contribution in [0.15, 0.2) is 29.2 Å². The second kappa shape index (κ2) is 2.85. The highest BCUT2D eigenvalue weighted by Gasteiger charge is 2.13. The zero-order chi connectivity index (χ0) is 7.68. The third kappa shape index (κ3) is 1.40. The van der Waals surface area contributed by atoms with Gasteiger partial charge in [0.15, 0.2) is 6.54 Å². The topological polar surface area (TPSA) is 27.5 Å². The normalized spacial score (nSPS) is 22.8. The number of rotatable bonds is 0. The molecule has 3 heteroatoms. The quantitative estimate of drug-likeness (QED) is 0.573. The van der Waals surface area contributed by atoms with Gasteiger partial charge in [-0.2, -0.15) is 0 Å². The number of thioether (sulfide) groups is 1. The second-order valence-corrected chi connectivity index (χ2v) is 3.45. The molecule has 1 aliphatic rings. The van der Waals surface area contributed by atoms with Crippen molar-refractivity contribution in [2.75, 3.05) is 5.88 Å². The highest BCUT2D eigenvalue weighted by atomic mass is 32.2. The van der Waals surface area contributed by atoms with Crippen LogP contribution in [0, 0.1) is 11.8 Å². The Morgan fingerprint density at radius 1 is 1.36 bits per heavy atom. The van der Waals surface area contributed by atoms with Gasteiger partial charge in [-0.25, -0.2) is 0 Å². The summed E-state index contributed by atoms with van der Waals surface area (Å²) in [7, 11) is 0. The molecule has 57 valence electrons. The van der Waals surface area contributed by atoms with Gasteiger partial charge in [-0.3, -0.25) is 0 Å². The van der Waals surface area contributed by atoms with E-state index in [0.717, 1.165) is 5.56 Å². The molecule has 0 amide bonds. The zero-order valence-electron chi connectivity index (χ0n) is 5.91. The second-order valence-electron chi connectivity index (χ2n) is 2.44. The third-order valence-electron chi connectivity index (χ3n) is 1.61. The maximum Gasteiger partial charge on any atom is 0.172 e. The Morgan fingerprint density at radius 2 is 2.18 bits per heavy atom. The van der Waals surface area contributed by atoms with Crippen molar-refractivity contribution in [2.24, 2.45) is 0 Å². The predicted octanol–water partition coefficient (Wildman–Crippen LogP) is 0.642. The van der Waals surface area contributed by atoms with Crippen LogP contribution in [0.1, 0.15) is 5.56 Å². The van der Waals surface area contributed by atoms with Crippen molar-refractivity contribution in [1.82, 2.24) is 0 Å². The highest BCUT2D eigenvalue weighted by molar-refractivity contribution is 7.99. The molecule has 2 rings (SSSR count). The van der Waals surface area contributed by atoms with Crippen LogP contribution in [0.4, 0.5) is 0 Å². The van der Waals surface area contributed by atoms with Crippen LogP contribution >= 0.6 is 11.8 Å². The molecule has 0 aliphatic carbocycles. The fourth-order valence-corrected chi connectivity index (χ4v) is 1.94. The van der Waals surface area contributed by atoms with E-state index in [1.807, 2.05) is 24.3 Å². The maximum atomic E-state index is 10.9. The molecule has 1 unspecified atom stereocenters. The summed E-state index contributed by atoms with van der Waals surface area (Å²) in [6.07, 6.45) is 0. The molecule has 1 aromatic rings. The van der Waals surface area contributed by atoms with Crippen molar-refractivity contribution < 1.29 is 5.06 Å². The molecule has 1 aromatic carbocycles. The van der Waals surface area contributed by atoms with E-state index < -0.39 is 0 Å². The molecule has 2 nitrogen and oxygen atoms in total. The molecule has 1 N–H and O–H groups in total. The van der Waals surface area contributed by atoms with Gasteiger partial charge in [0.2, 0.25) is 0 Å². The van der Waals surface area contributed by atoms with Gasteiger partial charge in [0.05, 0.1) is 0 Å². The number of benzene rings is 1.